The van der Waals surface area contributed by atoms with E-state index in [9.17, 15) is 8.42 Å². The molecule has 0 saturated heterocycles. The van der Waals surface area contributed by atoms with E-state index in [4.69, 9.17) is 16.0 Å². The van der Waals surface area contributed by atoms with Crippen LogP contribution in [-0.4, -0.2) is 19.7 Å². The Morgan fingerprint density at radius 1 is 1.35 bits per heavy atom. The van der Waals surface area contributed by atoms with Gasteiger partial charge in [-0.05, 0) is 19.1 Å². The van der Waals surface area contributed by atoms with Crippen LogP contribution in [0.5, 0.6) is 0 Å². The molecule has 0 aliphatic carbocycles. The summed E-state index contributed by atoms with van der Waals surface area (Å²) in [7, 11) is -3.31. The van der Waals surface area contributed by atoms with Crippen LogP contribution in [0.4, 0.5) is 0 Å². The second-order valence-electron chi connectivity index (χ2n) is 4.46. The number of hydrogen-bond donors (Lipinski definition) is 1. The number of aromatic nitrogens is 1. The molecule has 0 bridgehead atoms. The Morgan fingerprint density at radius 2 is 2.10 bits per heavy atom. The van der Waals surface area contributed by atoms with Gasteiger partial charge < -0.3 is 9.73 Å². The number of sulfone groups is 1. The molecular formula is C13H15ClN2O3S. The molecule has 1 N–H and O–H groups in total. The molecule has 1 aromatic heterocycles. The van der Waals surface area contributed by atoms with E-state index in [1.165, 1.54) is 6.26 Å². The van der Waals surface area contributed by atoms with Gasteiger partial charge in [0, 0.05) is 23.4 Å². The summed E-state index contributed by atoms with van der Waals surface area (Å²) in [5, 5.41) is 3.50. The lowest BCUT2D eigenvalue weighted by molar-refractivity contribution is 0.448. The molecule has 0 atom stereocenters. The first-order valence-electron chi connectivity index (χ1n) is 5.97. The summed E-state index contributed by atoms with van der Waals surface area (Å²) in [6.45, 7) is 2.54. The van der Waals surface area contributed by atoms with Gasteiger partial charge in [-0.2, -0.15) is 0 Å². The summed E-state index contributed by atoms with van der Waals surface area (Å²) in [5.74, 6) is 1.28. The van der Waals surface area contributed by atoms with Crippen molar-refractivity contribution < 1.29 is 12.8 Å². The second kappa shape index (κ2) is 5.95. The van der Waals surface area contributed by atoms with Crippen molar-refractivity contribution in [2.75, 3.05) is 6.26 Å². The normalized spacial score (nSPS) is 11.8. The molecule has 7 heteroatoms. The molecule has 1 aromatic carbocycles. The van der Waals surface area contributed by atoms with Gasteiger partial charge in [-0.3, -0.25) is 0 Å². The van der Waals surface area contributed by atoms with Crippen LogP contribution in [0.25, 0.3) is 0 Å². The van der Waals surface area contributed by atoms with E-state index in [-0.39, 0.29) is 4.90 Å². The first-order chi connectivity index (χ1) is 9.38. The molecule has 5 nitrogen and oxygen atoms in total. The van der Waals surface area contributed by atoms with Gasteiger partial charge >= 0.3 is 0 Å². The molecule has 2 rings (SSSR count). The molecule has 0 saturated carbocycles. The van der Waals surface area contributed by atoms with Crippen molar-refractivity contribution in [2.45, 2.75) is 24.9 Å². The van der Waals surface area contributed by atoms with Crippen LogP contribution < -0.4 is 5.32 Å². The fraction of sp³-hybridized carbons (Fsp3) is 0.308. The monoisotopic (exact) mass is 314 g/mol. The van der Waals surface area contributed by atoms with Gasteiger partial charge in [0.15, 0.2) is 9.84 Å². The molecule has 0 unspecified atom stereocenters. The zero-order valence-electron chi connectivity index (χ0n) is 11.2. The average molecular weight is 315 g/mol. The quantitative estimate of drug-likeness (QED) is 0.917. The topological polar surface area (TPSA) is 72.2 Å². The van der Waals surface area contributed by atoms with E-state index in [1.807, 2.05) is 6.92 Å². The number of oxazole rings is 1. The van der Waals surface area contributed by atoms with Gasteiger partial charge in [0.25, 0.3) is 0 Å². The third-order valence-electron chi connectivity index (χ3n) is 2.72. The molecule has 0 aliphatic heterocycles. The summed E-state index contributed by atoms with van der Waals surface area (Å²) in [4.78, 5) is 4.30. The van der Waals surface area contributed by atoms with Crippen molar-refractivity contribution in [3.8, 4) is 0 Å². The van der Waals surface area contributed by atoms with E-state index in [0.717, 1.165) is 5.76 Å². The summed E-state index contributed by atoms with van der Waals surface area (Å²) in [6, 6.07) is 4.84. The Balaban J connectivity index is 2.13. The summed E-state index contributed by atoms with van der Waals surface area (Å²) >= 11 is 6.08. The number of rotatable bonds is 5. The van der Waals surface area contributed by atoms with Crippen LogP contribution in [0.15, 0.2) is 33.7 Å². The second-order valence-corrected chi connectivity index (χ2v) is 6.85. The molecular weight excluding hydrogens is 300 g/mol. The molecule has 20 heavy (non-hydrogen) atoms. The van der Waals surface area contributed by atoms with Crippen molar-refractivity contribution in [2.24, 2.45) is 0 Å². The zero-order chi connectivity index (χ0) is 14.8. The minimum absolute atomic E-state index is 0.237. The minimum Gasteiger partial charge on any atom is -0.445 e. The lowest BCUT2D eigenvalue weighted by Gasteiger charge is -2.10. The van der Waals surface area contributed by atoms with E-state index >= 15 is 0 Å². The highest BCUT2D eigenvalue weighted by Crippen LogP contribution is 2.23. The average Bonchev–Trinajstić information content (AvgIpc) is 2.76. The van der Waals surface area contributed by atoms with Crippen LogP contribution in [0.2, 0.25) is 5.02 Å². The number of hydrogen-bond acceptors (Lipinski definition) is 5. The lowest BCUT2D eigenvalue weighted by atomic mass is 10.2. The van der Waals surface area contributed by atoms with Crippen LogP contribution >= 0.6 is 11.6 Å². The van der Waals surface area contributed by atoms with Crippen molar-refractivity contribution in [1.82, 2.24) is 10.3 Å². The van der Waals surface area contributed by atoms with Crippen molar-refractivity contribution >= 4 is 21.4 Å². The Morgan fingerprint density at radius 3 is 2.70 bits per heavy atom. The van der Waals surface area contributed by atoms with Crippen LogP contribution in [0.3, 0.4) is 0 Å². The Hall–Kier alpha value is -1.37. The van der Waals surface area contributed by atoms with Gasteiger partial charge in [0.1, 0.15) is 5.76 Å². The van der Waals surface area contributed by atoms with Gasteiger partial charge in [0.05, 0.1) is 17.6 Å². The van der Waals surface area contributed by atoms with Crippen molar-refractivity contribution in [1.29, 1.82) is 0 Å². The fourth-order valence-corrected chi connectivity index (χ4v) is 3.09. The zero-order valence-corrected chi connectivity index (χ0v) is 12.8. The van der Waals surface area contributed by atoms with Gasteiger partial charge in [0.2, 0.25) is 5.89 Å². The molecule has 0 radical (unpaired) electrons. The molecule has 0 spiro atoms. The predicted octanol–water partition coefficient (Wildman–Crippen LogP) is 2.33. The lowest BCUT2D eigenvalue weighted by Crippen LogP contribution is -2.16. The number of nitrogens with zero attached hydrogens (tertiary/aromatic N) is 1. The highest BCUT2D eigenvalue weighted by Gasteiger charge is 2.15. The maximum Gasteiger partial charge on any atom is 0.208 e. The minimum atomic E-state index is -3.31. The molecule has 1 heterocycles. The van der Waals surface area contributed by atoms with E-state index < -0.39 is 9.84 Å². The first kappa shape index (κ1) is 15.0. The largest absolute Gasteiger partial charge is 0.445 e. The Labute approximate surface area is 122 Å². The highest BCUT2D eigenvalue weighted by molar-refractivity contribution is 7.90. The third kappa shape index (κ3) is 3.59. The smallest absolute Gasteiger partial charge is 0.208 e. The number of aryl methyl sites for hydroxylation is 1. The maximum absolute atomic E-state index is 11.7. The number of benzene rings is 1. The molecule has 0 aliphatic rings. The summed E-state index contributed by atoms with van der Waals surface area (Å²) in [5.41, 5.74) is 0.556. The fourth-order valence-electron chi connectivity index (χ4n) is 1.84. The molecule has 0 fully saturated rings. The van der Waals surface area contributed by atoms with E-state index in [1.54, 1.807) is 24.4 Å². The predicted molar refractivity (Wildman–Crippen MR) is 76.3 cm³/mol. The van der Waals surface area contributed by atoms with Crippen LogP contribution in [-0.2, 0) is 22.9 Å². The van der Waals surface area contributed by atoms with Crippen LogP contribution in [0, 0.1) is 6.92 Å². The standard InChI is InChI=1S/C13H15ClN2O3S/c1-9-6-16-13(19-9)8-15-7-10-11(14)4-3-5-12(10)20(2,17)18/h3-6,15H,7-8H2,1-2H3. The van der Waals surface area contributed by atoms with Crippen molar-refractivity contribution in [3.05, 3.63) is 46.6 Å². The van der Waals surface area contributed by atoms with Crippen molar-refractivity contribution in [3.63, 3.8) is 0 Å². The van der Waals surface area contributed by atoms with E-state index in [0.29, 0.717) is 29.6 Å². The maximum atomic E-state index is 11.7. The highest BCUT2D eigenvalue weighted by atomic mass is 35.5. The number of nitrogens with one attached hydrogen (secondary N) is 1. The number of halogens is 1. The first-order valence-corrected chi connectivity index (χ1v) is 8.24. The summed E-state index contributed by atoms with van der Waals surface area (Å²) in [6.07, 6.45) is 2.80. The molecule has 0 amide bonds. The Bertz CT molecular complexity index is 710. The van der Waals surface area contributed by atoms with Crippen LogP contribution in [0.1, 0.15) is 17.2 Å². The van der Waals surface area contributed by atoms with Gasteiger partial charge in [-0.15, -0.1) is 0 Å². The van der Waals surface area contributed by atoms with Gasteiger partial charge in [-0.25, -0.2) is 13.4 Å². The summed E-state index contributed by atoms with van der Waals surface area (Å²) < 4.78 is 28.8. The molecule has 108 valence electrons. The third-order valence-corrected chi connectivity index (χ3v) is 4.26. The Kier molecular flexibility index (Phi) is 4.47. The SMILES string of the molecule is Cc1cnc(CNCc2c(Cl)cccc2S(C)(=O)=O)o1. The molecule has 2 aromatic rings. The van der Waals surface area contributed by atoms with E-state index in [2.05, 4.69) is 10.3 Å². The van der Waals surface area contributed by atoms with Gasteiger partial charge in [-0.1, -0.05) is 17.7 Å².